The molecule has 4 nitrogen and oxygen atoms in total. The standard InChI is InChI=1S/C13H20N2O2/c1-9(8-16)10(2)15-13(17)12(14)11-6-4-3-5-7-11/h3-7,9-10,12,16H,8,14H2,1-2H3,(H,15,17)/t9?,10?,12-/m0/s1. The Morgan fingerprint density at radius 2 is 1.94 bits per heavy atom. The highest BCUT2D eigenvalue weighted by atomic mass is 16.3. The van der Waals surface area contributed by atoms with E-state index in [1.807, 2.05) is 44.2 Å². The molecule has 3 atom stereocenters. The van der Waals surface area contributed by atoms with Gasteiger partial charge in [0.05, 0.1) is 0 Å². The van der Waals surface area contributed by atoms with Crippen molar-refractivity contribution >= 4 is 5.91 Å². The molecule has 0 bridgehead atoms. The minimum atomic E-state index is -0.662. The molecule has 2 unspecified atom stereocenters. The second-order valence-electron chi connectivity index (χ2n) is 4.35. The van der Waals surface area contributed by atoms with Crippen LogP contribution >= 0.6 is 0 Å². The topological polar surface area (TPSA) is 75.3 Å². The van der Waals surface area contributed by atoms with Gasteiger partial charge in [-0.15, -0.1) is 0 Å². The monoisotopic (exact) mass is 236 g/mol. The summed E-state index contributed by atoms with van der Waals surface area (Å²) in [7, 11) is 0. The third-order valence-electron chi connectivity index (χ3n) is 2.95. The molecule has 0 saturated heterocycles. The molecular formula is C13H20N2O2. The highest BCUT2D eigenvalue weighted by Gasteiger charge is 2.19. The molecule has 1 aromatic carbocycles. The lowest BCUT2D eigenvalue weighted by molar-refractivity contribution is -0.123. The second-order valence-corrected chi connectivity index (χ2v) is 4.35. The van der Waals surface area contributed by atoms with Crippen molar-refractivity contribution in [2.24, 2.45) is 11.7 Å². The number of hydrogen-bond acceptors (Lipinski definition) is 3. The highest BCUT2D eigenvalue weighted by molar-refractivity contribution is 5.83. The average molecular weight is 236 g/mol. The van der Waals surface area contributed by atoms with Crippen LogP contribution < -0.4 is 11.1 Å². The molecule has 0 aliphatic rings. The summed E-state index contributed by atoms with van der Waals surface area (Å²) in [6.45, 7) is 3.78. The Morgan fingerprint density at radius 1 is 1.35 bits per heavy atom. The Bertz CT molecular complexity index is 354. The smallest absolute Gasteiger partial charge is 0.241 e. The van der Waals surface area contributed by atoms with Gasteiger partial charge in [-0.25, -0.2) is 0 Å². The van der Waals surface area contributed by atoms with Crippen LogP contribution in [0.4, 0.5) is 0 Å². The molecule has 0 heterocycles. The van der Waals surface area contributed by atoms with E-state index < -0.39 is 6.04 Å². The summed E-state index contributed by atoms with van der Waals surface area (Å²) in [4.78, 5) is 11.9. The van der Waals surface area contributed by atoms with Crippen LogP contribution in [0.15, 0.2) is 30.3 Å². The minimum absolute atomic E-state index is 0.0157. The van der Waals surface area contributed by atoms with E-state index in [-0.39, 0.29) is 24.5 Å². The Labute approximate surface area is 102 Å². The Balaban J connectivity index is 2.59. The number of carbonyl (C=O) groups excluding carboxylic acids is 1. The maximum atomic E-state index is 11.9. The zero-order chi connectivity index (χ0) is 12.8. The SMILES string of the molecule is CC(CO)C(C)NC(=O)[C@@H](N)c1ccccc1. The summed E-state index contributed by atoms with van der Waals surface area (Å²) in [5.74, 6) is -0.203. The first-order valence-corrected chi connectivity index (χ1v) is 5.78. The molecule has 0 saturated carbocycles. The largest absolute Gasteiger partial charge is 0.396 e. The fourth-order valence-corrected chi connectivity index (χ4v) is 1.43. The van der Waals surface area contributed by atoms with Crippen molar-refractivity contribution in [1.29, 1.82) is 0 Å². The van der Waals surface area contributed by atoms with E-state index in [1.54, 1.807) is 0 Å². The molecule has 1 rings (SSSR count). The summed E-state index contributed by atoms with van der Waals surface area (Å²) in [6, 6.07) is 8.47. The lowest BCUT2D eigenvalue weighted by Gasteiger charge is -2.21. The number of nitrogens with one attached hydrogen (secondary N) is 1. The summed E-state index contributed by atoms with van der Waals surface area (Å²) in [6.07, 6.45) is 0. The van der Waals surface area contributed by atoms with Crippen LogP contribution in [-0.2, 0) is 4.79 Å². The molecule has 94 valence electrons. The highest BCUT2D eigenvalue weighted by Crippen LogP contribution is 2.10. The first-order chi connectivity index (χ1) is 8.06. The fourth-order valence-electron chi connectivity index (χ4n) is 1.43. The van der Waals surface area contributed by atoms with Gasteiger partial charge in [-0.05, 0) is 18.4 Å². The van der Waals surface area contributed by atoms with Crippen molar-refractivity contribution in [1.82, 2.24) is 5.32 Å². The van der Waals surface area contributed by atoms with Gasteiger partial charge in [-0.2, -0.15) is 0 Å². The summed E-state index contributed by atoms with van der Waals surface area (Å²) in [5.41, 5.74) is 6.64. The Morgan fingerprint density at radius 3 is 2.47 bits per heavy atom. The number of benzene rings is 1. The molecule has 1 aromatic rings. The van der Waals surface area contributed by atoms with Gasteiger partial charge >= 0.3 is 0 Å². The van der Waals surface area contributed by atoms with Crippen molar-refractivity contribution in [2.75, 3.05) is 6.61 Å². The van der Waals surface area contributed by atoms with E-state index in [4.69, 9.17) is 10.8 Å². The van der Waals surface area contributed by atoms with Crippen LogP contribution in [0.3, 0.4) is 0 Å². The first-order valence-electron chi connectivity index (χ1n) is 5.78. The predicted octanol–water partition coefficient (Wildman–Crippen LogP) is 0.819. The molecule has 4 N–H and O–H groups in total. The molecule has 0 spiro atoms. The molecule has 17 heavy (non-hydrogen) atoms. The van der Waals surface area contributed by atoms with Crippen LogP contribution in [0.5, 0.6) is 0 Å². The van der Waals surface area contributed by atoms with Gasteiger partial charge in [-0.3, -0.25) is 4.79 Å². The van der Waals surface area contributed by atoms with E-state index in [2.05, 4.69) is 5.32 Å². The van der Waals surface area contributed by atoms with Crippen molar-refractivity contribution in [2.45, 2.75) is 25.9 Å². The van der Waals surface area contributed by atoms with Crippen molar-refractivity contribution in [3.05, 3.63) is 35.9 Å². The Hall–Kier alpha value is -1.39. The Kier molecular flexibility index (Phi) is 5.12. The normalized spacial score (nSPS) is 16.0. The molecule has 0 aliphatic heterocycles. The van der Waals surface area contributed by atoms with Gasteiger partial charge in [0.25, 0.3) is 0 Å². The number of aliphatic hydroxyl groups excluding tert-OH is 1. The van der Waals surface area contributed by atoms with Crippen molar-refractivity contribution < 1.29 is 9.90 Å². The van der Waals surface area contributed by atoms with Gasteiger partial charge < -0.3 is 16.2 Å². The fraction of sp³-hybridized carbons (Fsp3) is 0.462. The first kappa shape index (κ1) is 13.7. The van der Waals surface area contributed by atoms with Gasteiger partial charge in [0, 0.05) is 12.6 Å². The van der Waals surface area contributed by atoms with E-state index in [0.717, 1.165) is 5.56 Å². The zero-order valence-corrected chi connectivity index (χ0v) is 10.3. The van der Waals surface area contributed by atoms with Gasteiger partial charge in [-0.1, -0.05) is 37.3 Å². The van der Waals surface area contributed by atoms with Crippen LogP contribution in [0.2, 0.25) is 0 Å². The van der Waals surface area contributed by atoms with E-state index >= 15 is 0 Å². The van der Waals surface area contributed by atoms with Crippen molar-refractivity contribution in [3.8, 4) is 0 Å². The van der Waals surface area contributed by atoms with E-state index in [9.17, 15) is 4.79 Å². The van der Waals surface area contributed by atoms with Crippen LogP contribution in [0, 0.1) is 5.92 Å². The number of carbonyl (C=O) groups is 1. The summed E-state index contributed by atoms with van der Waals surface area (Å²) >= 11 is 0. The molecule has 0 aromatic heterocycles. The number of amides is 1. The third-order valence-corrected chi connectivity index (χ3v) is 2.95. The van der Waals surface area contributed by atoms with Gasteiger partial charge in [0.15, 0.2) is 0 Å². The molecule has 0 radical (unpaired) electrons. The van der Waals surface area contributed by atoms with Gasteiger partial charge in [0.1, 0.15) is 6.04 Å². The van der Waals surface area contributed by atoms with E-state index in [0.29, 0.717) is 0 Å². The molecule has 4 heteroatoms. The number of rotatable bonds is 5. The van der Waals surface area contributed by atoms with Gasteiger partial charge in [0.2, 0.25) is 5.91 Å². The third kappa shape index (κ3) is 3.84. The molecule has 1 amide bonds. The second kappa shape index (κ2) is 6.37. The van der Waals surface area contributed by atoms with Crippen molar-refractivity contribution in [3.63, 3.8) is 0 Å². The van der Waals surface area contributed by atoms with Crippen LogP contribution in [-0.4, -0.2) is 23.7 Å². The zero-order valence-electron chi connectivity index (χ0n) is 10.3. The lowest BCUT2D eigenvalue weighted by Crippen LogP contribution is -2.43. The number of nitrogens with two attached hydrogens (primary N) is 1. The predicted molar refractivity (Wildman–Crippen MR) is 67.2 cm³/mol. The maximum Gasteiger partial charge on any atom is 0.241 e. The maximum absolute atomic E-state index is 11.9. The van der Waals surface area contributed by atoms with Crippen LogP contribution in [0.25, 0.3) is 0 Å². The van der Waals surface area contributed by atoms with E-state index in [1.165, 1.54) is 0 Å². The summed E-state index contributed by atoms with van der Waals surface area (Å²) < 4.78 is 0. The summed E-state index contributed by atoms with van der Waals surface area (Å²) in [5, 5.41) is 11.8. The minimum Gasteiger partial charge on any atom is -0.396 e. The lowest BCUT2D eigenvalue weighted by atomic mass is 10.0. The quantitative estimate of drug-likeness (QED) is 0.708. The molecular weight excluding hydrogens is 216 g/mol. The number of hydrogen-bond donors (Lipinski definition) is 3. The average Bonchev–Trinajstić information content (AvgIpc) is 2.37. The molecule has 0 fully saturated rings. The molecule has 0 aliphatic carbocycles. The van der Waals surface area contributed by atoms with Crippen LogP contribution in [0.1, 0.15) is 25.5 Å². The number of aliphatic hydroxyl groups is 1.